The van der Waals surface area contributed by atoms with Crippen LogP contribution in [0.2, 0.25) is 0 Å². The molecule has 2 aromatic carbocycles. The molecule has 0 aliphatic carbocycles. The molecule has 0 saturated heterocycles. The van der Waals surface area contributed by atoms with Crippen LogP contribution in [-0.2, 0) is 0 Å². The first kappa shape index (κ1) is 14.5. The molecule has 5 heteroatoms. The van der Waals surface area contributed by atoms with E-state index in [1.165, 1.54) is 25.3 Å². The number of nitrogens with one attached hydrogen (secondary N) is 1. The molecule has 0 aliphatic rings. The fourth-order valence-electron chi connectivity index (χ4n) is 1.75. The molecule has 0 saturated carbocycles. The molecule has 3 nitrogen and oxygen atoms in total. The summed E-state index contributed by atoms with van der Waals surface area (Å²) in [5, 5.41) is 2.71. The van der Waals surface area contributed by atoms with Crippen LogP contribution < -0.4 is 10.1 Å². The predicted octanol–water partition coefficient (Wildman–Crippen LogP) is 4.16. The van der Waals surface area contributed by atoms with Crippen LogP contribution in [0.4, 0.5) is 10.1 Å². The maximum Gasteiger partial charge on any atom is 0.255 e. The molecule has 0 aliphatic heterocycles. The Bertz CT molecular complexity index is 658. The van der Waals surface area contributed by atoms with Gasteiger partial charge in [-0.1, -0.05) is 15.9 Å². The number of anilines is 1. The Kier molecular flexibility index (Phi) is 4.39. The first-order chi connectivity index (χ1) is 9.51. The third-order valence-corrected chi connectivity index (χ3v) is 3.72. The number of methoxy groups -OCH3 is 1. The highest BCUT2D eigenvalue weighted by Crippen LogP contribution is 2.26. The molecule has 1 N–H and O–H groups in total. The third-order valence-electron chi connectivity index (χ3n) is 2.83. The highest BCUT2D eigenvalue weighted by atomic mass is 79.9. The maximum absolute atomic E-state index is 13.1. The van der Waals surface area contributed by atoms with E-state index in [0.717, 1.165) is 10.0 Å². The van der Waals surface area contributed by atoms with E-state index in [9.17, 15) is 9.18 Å². The number of rotatable bonds is 3. The molecule has 0 radical (unpaired) electrons. The van der Waals surface area contributed by atoms with Crippen molar-refractivity contribution >= 4 is 27.5 Å². The van der Waals surface area contributed by atoms with Crippen LogP contribution in [0.15, 0.2) is 40.9 Å². The first-order valence-corrected chi connectivity index (χ1v) is 6.71. The molecular weight excluding hydrogens is 325 g/mol. The summed E-state index contributed by atoms with van der Waals surface area (Å²) in [4.78, 5) is 12.2. The van der Waals surface area contributed by atoms with E-state index in [4.69, 9.17) is 4.74 Å². The van der Waals surface area contributed by atoms with Gasteiger partial charge in [0.2, 0.25) is 0 Å². The SMILES string of the molecule is COc1cc(F)ccc1NC(=O)c1ccc(Br)c(C)c1. The fraction of sp³-hybridized carbons (Fsp3) is 0.133. The summed E-state index contributed by atoms with van der Waals surface area (Å²) in [7, 11) is 1.42. The zero-order valence-electron chi connectivity index (χ0n) is 11.0. The van der Waals surface area contributed by atoms with E-state index >= 15 is 0 Å². The number of hydrogen-bond donors (Lipinski definition) is 1. The number of halogens is 2. The van der Waals surface area contributed by atoms with Gasteiger partial charge in [-0.2, -0.15) is 0 Å². The van der Waals surface area contributed by atoms with E-state index in [1.54, 1.807) is 12.1 Å². The number of aryl methyl sites for hydroxylation is 1. The predicted molar refractivity (Wildman–Crippen MR) is 79.8 cm³/mol. The van der Waals surface area contributed by atoms with Gasteiger partial charge >= 0.3 is 0 Å². The van der Waals surface area contributed by atoms with E-state index in [2.05, 4.69) is 21.2 Å². The Labute approximate surface area is 124 Å². The number of carbonyl (C=O) groups is 1. The maximum atomic E-state index is 13.1. The second kappa shape index (κ2) is 6.05. The van der Waals surface area contributed by atoms with Gasteiger partial charge in [0.15, 0.2) is 0 Å². The van der Waals surface area contributed by atoms with E-state index in [0.29, 0.717) is 11.3 Å². The fourth-order valence-corrected chi connectivity index (χ4v) is 2.00. The van der Waals surface area contributed by atoms with Crippen LogP contribution >= 0.6 is 15.9 Å². The lowest BCUT2D eigenvalue weighted by Crippen LogP contribution is -2.13. The van der Waals surface area contributed by atoms with Crippen LogP contribution in [0.1, 0.15) is 15.9 Å². The molecule has 0 spiro atoms. The van der Waals surface area contributed by atoms with Crippen molar-refractivity contribution in [2.75, 3.05) is 12.4 Å². The molecule has 0 heterocycles. The monoisotopic (exact) mass is 337 g/mol. The summed E-state index contributed by atoms with van der Waals surface area (Å²) in [5.74, 6) is -0.406. The van der Waals surface area contributed by atoms with Gasteiger partial charge in [0.25, 0.3) is 5.91 Å². The van der Waals surface area contributed by atoms with Crippen molar-refractivity contribution in [1.29, 1.82) is 0 Å². The minimum Gasteiger partial charge on any atom is -0.494 e. The van der Waals surface area contributed by atoms with Crippen molar-refractivity contribution in [2.24, 2.45) is 0 Å². The number of hydrogen-bond acceptors (Lipinski definition) is 2. The minimum atomic E-state index is -0.417. The summed E-state index contributed by atoms with van der Waals surface area (Å²) in [6.45, 7) is 1.90. The summed E-state index contributed by atoms with van der Waals surface area (Å²) in [6.07, 6.45) is 0. The molecular formula is C15H13BrFNO2. The zero-order chi connectivity index (χ0) is 14.7. The lowest BCUT2D eigenvalue weighted by Gasteiger charge is -2.10. The van der Waals surface area contributed by atoms with Gasteiger partial charge in [0.1, 0.15) is 11.6 Å². The molecule has 0 unspecified atom stereocenters. The largest absolute Gasteiger partial charge is 0.494 e. The quantitative estimate of drug-likeness (QED) is 0.913. The number of amides is 1. The second-order valence-electron chi connectivity index (χ2n) is 4.26. The molecule has 2 rings (SSSR count). The van der Waals surface area contributed by atoms with Crippen molar-refractivity contribution < 1.29 is 13.9 Å². The molecule has 0 fully saturated rings. The van der Waals surface area contributed by atoms with Crippen molar-refractivity contribution in [3.63, 3.8) is 0 Å². The average Bonchev–Trinajstić information content (AvgIpc) is 2.43. The molecule has 0 bridgehead atoms. The first-order valence-electron chi connectivity index (χ1n) is 5.92. The normalized spacial score (nSPS) is 10.2. The zero-order valence-corrected chi connectivity index (χ0v) is 12.6. The van der Waals surface area contributed by atoms with Crippen LogP contribution in [-0.4, -0.2) is 13.0 Å². The van der Waals surface area contributed by atoms with Crippen molar-refractivity contribution in [1.82, 2.24) is 0 Å². The van der Waals surface area contributed by atoms with E-state index in [1.807, 2.05) is 13.0 Å². The van der Waals surface area contributed by atoms with Crippen LogP contribution in [0.3, 0.4) is 0 Å². The van der Waals surface area contributed by atoms with E-state index < -0.39 is 5.82 Å². The summed E-state index contributed by atoms with van der Waals surface area (Å²) >= 11 is 3.38. The van der Waals surface area contributed by atoms with Gasteiger partial charge < -0.3 is 10.1 Å². The van der Waals surface area contributed by atoms with Crippen molar-refractivity contribution in [2.45, 2.75) is 6.92 Å². The van der Waals surface area contributed by atoms with Gasteiger partial charge in [-0.15, -0.1) is 0 Å². The summed E-state index contributed by atoms with van der Waals surface area (Å²) < 4.78 is 19.1. The van der Waals surface area contributed by atoms with Gasteiger partial charge in [-0.05, 0) is 42.8 Å². The van der Waals surface area contributed by atoms with Gasteiger partial charge in [0, 0.05) is 16.1 Å². The smallest absolute Gasteiger partial charge is 0.255 e. The number of benzene rings is 2. The standard InChI is InChI=1S/C15H13BrFNO2/c1-9-7-10(3-5-12(9)16)15(19)18-13-6-4-11(17)8-14(13)20-2/h3-8H,1-2H3,(H,18,19). The molecule has 20 heavy (non-hydrogen) atoms. The molecule has 0 atom stereocenters. The molecule has 104 valence electrons. The lowest BCUT2D eigenvalue weighted by atomic mass is 10.1. The third kappa shape index (κ3) is 3.17. The topological polar surface area (TPSA) is 38.3 Å². The van der Waals surface area contributed by atoms with Crippen LogP contribution in [0, 0.1) is 12.7 Å². The Morgan fingerprint density at radius 3 is 2.65 bits per heavy atom. The highest BCUT2D eigenvalue weighted by Gasteiger charge is 2.11. The average molecular weight is 338 g/mol. The Balaban J connectivity index is 2.25. The van der Waals surface area contributed by atoms with Gasteiger partial charge in [0.05, 0.1) is 12.8 Å². The van der Waals surface area contributed by atoms with Crippen LogP contribution in [0.25, 0.3) is 0 Å². The second-order valence-corrected chi connectivity index (χ2v) is 5.12. The van der Waals surface area contributed by atoms with E-state index in [-0.39, 0.29) is 11.7 Å². The number of ether oxygens (including phenoxy) is 1. The molecule has 0 aromatic heterocycles. The van der Waals surface area contributed by atoms with Crippen LogP contribution in [0.5, 0.6) is 5.75 Å². The highest BCUT2D eigenvalue weighted by molar-refractivity contribution is 9.10. The lowest BCUT2D eigenvalue weighted by molar-refractivity contribution is 0.102. The van der Waals surface area contributed by atoms with Gasteiger partial charge in [-0.25, -0.2) is 4.39 Å². The summed E-state index contributed by atoms with van der Waals surface area (Å²) in [5.41, 5.74) is 1.92. The Hall–Kier alpha value is -1.88. The molecule has 1 amide bonds. The van der Waals surface area contributed by atoms with Crippen molar-refractivity contribution in [3.8, 4) is 5.75 Å². The van der Waals surface area contributed by atoms with Gasteiger partial charge in [-0.3, -0.25) is 4.79 Å². The van der Waals surface area contributed by atoms with Crippen molar-refractivity contribution in [3.05, 3.63) is 57.8 Å². The Morgan fingerprint density at radius 2 is 2.00 bits per heavy atom. The minimum absolute atomic E-state index is 0.273. The summed E-state index contributed by atoms with van der Waals surface area (Å²) in [6, 6.07) is 9.26. The Morgan fingerprint density at radius 1 is 1.25 bits per heavy atom. The molecule has 2 aromatic rings. The number of carbonyl (C=O) groups excluding carboxylic acids is 1.